The molecule has 27 heavy (non-hydrogen) atoms. The first kappa shape index (κ1) is 17.3. The zero-order chi connectivity index (χ0) is 18.5. The highest BCUT2D eigenvalue weighted by molar-refractivity contribution is 6.31. The molecule has 0 aliphatic rings. The Hall–Kier alpha value is -3.11. The number of aromatic nitrogens is 2. The molecule has 0 amide bonds. The van der Waals surface area contributed by atoms with Crippen LogP contribution in [0.4, 0.5) is 5.82 Å². The van der Waals surface area contributed by atoms with Crippen LogP contribution in [0.25, 0.3) is 11.0 Å². The fourth-order valence-corrected chi connectivity index (χ4v) is 3.02. The highest BCUT2D eigenvalue weighted by Gasteiger charge is 2.09. The molecular weight excluding hydrogens is 356 g/mol. The van der Waals surface area contributed by atoms with Crippen molar-refractivity contribution in [1.29, 1.82) is 0 Å². The van der Waals surface area contributed by atoms with Gasteiger partial charge in [-0.3, -0.25) is 0 Å². The van der Waals surface area contributed by atoms with E-state index in [0.29, 0.717) is 23.8 Å². The first-order chi connectivity index (χ1) is 13.3. The minimum Gasteiger partial charge on any atom is -0.247 e. The van der Waals surface area contributed by atoms with Crippen molar-refractivity contribution in [3.63, 3.8) is 0 Å². The minimum atomic E-state index is 0.402. The van der Waals surface area contributed by atoms with E-state index < -0.39 is 0 Å². The number of rotatable bonds is 5. The summed E-state index contributed by atoms with van der Waals surface area (Å²) in [7, 11) is 0. The molecule has 0 unspecified atom stereocenters. The summed E-state index contributed by atoms with van der Waals surface area (Å²) in [6.45, 7) is 0.402. The molecule has 3 aromatic carbocycles. The molecule has 0 spiro atoms. The zero-order valence-electron chi connectivity index (χ0n) is 14.6. The lowest BCUT2D eigenvalue weighted by molar-refractivity contribution is 0.930. The number of hydrogen-bond donors (Lipinski definition) is 0. The molecule has 4 aromatic rings. The van der Waals surface area contributed by atoms with E-state index in [-0.39, 0.29) is 0 Å². The molecule has 0 radical (unpaired) electrons. The first-order valence-electron chi connectivity index (χ1n) is 8.70. The van der Waals surface area contributed by atoms with Crippen LogP contribution in [0.5, 0.6) is 0 Å². The van der Waals surface area contributed by atoms with Crippen LogP contribution in [-0.4, -0.2) is 9.97 Å². The number of halogens is 1. The Labute approximate surface area is 162 Å². The van der Waals surface area contributed by atoms with Gasteiger partial charge in [-0.2, -0.15) is 5.11 Å². The molecule has 132 valence electrons. The second-order valence-electron chi connectivity index (χ2n) is 6.14. The fraction of sp³-hybridized carbons (Fsp3) is 0.0909. The van der Waals surface area contributed by atoms with Crippen LogP contribution in [0.1, 0.15) is 16.8 Å². The van der Waals surface area contributed by atoms with Crippen molar-refractivity contribution in [1.82, 2.24) is 9.97 Å². The average Bonchev–Trinajstić information content (AvgIpc) is 2.70. The molecule has 1 aromatic heterocycles. The van der Waals surface area contributed by atoms with Gasteiger partial charge in [0, 0.05) is 11.4 Å². The molecule has 4 nitrogen and oxygen atoms in total. The summed E-state index contributed by atoms with van der Waals surface area (Å²) in [5.74, 6) is 0.546. The Bertz CT molecular complexity index is 1090. The molecule has 5 heteroatoms. The average molecular weight is 373 g/mol. The first-order valence-corrected chi connectivity index (χ1v) is 9.08. The van der Waals surface area contributed by atoms with E-state index in [1.54, 1.807) is 0 Å². The van der Waals surface area contributed by atoms with Crippen LogP contribution >= 0.6 is 11.6 Å². The van der Waals surface area contributed by atoms with Crippen molar-refractivity contribution in [3.05, 3.63) is 101 Å². The zero-order valence-corrected chi connectivity index (χ0v) is 15.3. The van der Waals surface area contributed by atoms with E-state index in [1.165, 1.54) is 0 Å². The van der Waals surface area contributed by atoms with Gasteiger partial charge in [-0.25, -0.2) is 9.97 Å². The van der Waals surface area contributed by atoms with Crippen molar-refractivity contribution < 1.29 is 0 Å². The van der Waals surface area contributed by atoms with Crippen LogP contribution in [0.2, 0.25) is 5.02 Å². The molecule has 0 fully saturated rings. The summed E-state index contributed by atoms with van der Waals surface area (Å²) in [5, 5.41) is 9.39. The Morgan fingerprint density at radius 1 is 0.741 bits per heavy atom. The SMILES string of the molecule is Clc1ccccc1CN=Nc1nc2ccccc2nc1Cc1ccccc1. The van der Waals surface area contributed by atoms with Crippen LogP contribution in [0.15, 0.2) is 89.1 Å². The molecule has 4 rings (SSSR count). The molecule has 0 saturated carbocycles. The van der Waals surface area contributed by atoms with Crippen molar-refractivity contribution in [2.45, 2.75) is 13.0 Å². The molecule has 1 heterocycles. The largest absolute Gasteiger partial charge is 0.247 e. The summed E-state index contributed by atoms with van der Waals surface area (Å²) < 4.78 is 0. The Morgan fingerprint density at radius 2 is 1.41 bits per heavy atom. The third kappa shape index (κ3) is 4.18. The summed E-state index contributed by atoms with van der Waals surface area (Å²) >= 11 is 6.19. The second-order valence-corrected chi connectivity index (χ2v) is 6.54. The number of hydrogen-bond acceptors (Lipinski definition) is 4. The van der Waals surface area contributed by atoms with Gasteiger partial charge in [0.1, 0.15) is 0 Å². The molecule has 0 aliphatic heterocycles. The number of nitrogens with zero attached hydrogens (tertiary/aromatic N) is 4. The third-order valence-corrected chi connectivity index (χ3v) is 4.57. The lowest BCUT2D eigenvalue weighted by atomic mass is 10.1. The van der Waals surface area contributed by atoms with E-state index in [1.807, 2.05) is 66.7 Å². The molecule has 0 N–H and O–H groups in total. The Kier molecular flexibility index (Phi) is 5.17. The van der Waals surface area contributed by atoms with Crippen molar-refractivity contribution in [2.24, 2.45) is 10.2 Å². The normalized spacial score (nSPS) is 11.3. The number of fused-ring (bicyclic) bond motifs is 1. The number of para-hydroxylation sites is 2. The van der Waals surface area contributed by atoms with Crippen LogP contribution < -0.4 is 0 Å². The molecule has 0 atom stereocenters. The van der Waals surface area contributed by atoms with Gasteiger partial charge in [-0.1, -0.05) is 72.3 Å². The highest BCUT2D eigenvalue weighted by atomic mass is 35.5. The van der Waals surface area contributed by atoms with Crippen molar-refractivity contribution in [2.75, 3.05) is 0 Å². The van der Waals surface area contributed by atoms with E-state index in [4.69, 9.17) is 16.6 Å². The van der Waals surface area contributed by atoms with E-state index in [0.717, 1.165) is 27.9 Å². The lowest BCUT2D eigenvalue weighted by Crippen LogP contribution is -1.96. The smallest absolute Gasteiger partial charge is 0.196 e. The fourth-order valence-electron chi connectivity index (χ4n) is 2.82. The topological polar surface area (TPSA) is 50.5 Å². The van der Waals surface area contributed by atoms with Crippen molar-refractivity contribution >= 4 is 28.5 Å². The lowest BCUT2D eigenvalue weighted by Gasteiger charge is -2.06. The predicted molar refractivity (Wildman–Crippen MR) is 108 cm³/mol. The summed E-state index contributed by atoms with van der Waals surface area (Å²) in [5.41, 5.74) is 4.56. The summed E-state index contributed by atoms with van der Waals surface area (Å²) in [6, 6.07) is 25.6. The van der Waals surface area contributed by atoms with Crippen LogP contribution in [0.3, 0.4) is 0 Å². The van der Waals surface area contributed by atoms with Gasteiger partial charge in [0.05, 0.1) is 23.3 Å². The van der Waals surface area contributed by atoms with Gasteiger partial charge < -0.3 is 0 Å². The standard InChI is InChI=1S/C22H17ClN4/c23-18-11-5-4-10-17(18)15-24-27-22-21(14-16-8-2-1-3-9-16)25-19-12-6-7-13-20(19)26-22/h1-13H,14-15H2. The Morgan fingerprint density at radius 3 is 2.19 bits per heavy atom. The Balaban J connectivity index is 1.68. The van der Waals surface area contributed by atoms with E-state index in [2.05, 4.69) is 27.3 Å². The maximum absolute atomic E-state index is 6.19. The predicted octanol–water partition coefficient (Wildman–Crippen LogP) is 6.16. The minimum absolute atomic E-state index is 0.402. The molecule has 0 saturated heterocycles. The molecule has 0 bridgehead atoms. The monoisotopic (exact) mass is 372 g/mol. The quantitative estimate of drug-likeness (QED) is 0.394. The molecular formula is C22H17ClN4. The second kappa shape index (κ2) is 8.06. The van der Waals surface area contributed by atoms with Gasteiger partial charge in [-0.15, -0.1) is 5.11 Å². The van der Waals surface area contributed by atoms with Gasteiger partial charge in [0.15, 0.2) is 5.82 Å². The summed E-state index contributed by atoms with van der Waals surface area (Å²) in [4.78, 5) is 9.44. The van der Waals surface area contributed by atoms with Crippen LogP contribution in [-0.2, 0) is 13.0 Å². The third-order valence-electron chi connectivity index (χ3n) is 4.20. The van der Waals surface area contributed by atoms with Gasteiger partial charge in [0.25, 0.3) is 0 Å². The maximum atomic E-state index is 6.19. The van der Waals surface area contributed by atoms with Gasteiger partial charge >= 0.3 is 0 Å². The summed E-state index contributed by atoms with van der Waals surface area (Å²) in [6.07, 6.45) is 0.652. The molecule has 0 aliphatic carbocycles. The van der Waals surface area contributed by atoms with Gasteiger partial charge in [0.2, 0.25) is 0 Å². The van der Waals surface area contributed by atoms with E-state index >= 15 is 0 Å². The number of azo groups is 1. The number of benzene rings is 3. The van der Waals surface area contributed by atoms with Gasteiger partial charge in [-0.05, 0) is 29.3 Å². The van der Waals surface area contributed by atoms with Crippen LogP contribution in [0, 0.1) is 0 Å². The highest BCUT2D eigenvalue weighted by Crippen LogP contribution is 2.23. The van der Waals surface area contributed by atoms with Crippen molar-refractivity contribution in [3.8, 4) is 0 Å². The maximum Gasteiger partial charge on any atom is 0.196 e. The van der Waals surface area contributed by atoms with E-state index in [9.17, 15) is 0 Å².